The average Bonchev–Trinajstić information content (AvgIpc) is 3.36. The third-order valence-corrected chi connectivity index (χ3v) is 6.94. The number of aliphatic hydroxyl groups is 1. The Balaban J connectivity index is 1.78. The molecule has 0 bridgehead atoms. The Morgan fingerprint density at radius 3 is 2.58 bits per heavy atom. The number of carbonyl (C=O) groups excluding carboxylic acids is 3. The van der Waals surface area contributed by atoms with E-state index in [1.54, 1.807) is 4.90 Å². The molecule has 3 atom stereocenters. The summed E-state index contributed by atoms with van der Waals surface area (Å²) in [7, 11) is 0. The molecule has 0 aliphatic carbocycles. The molecule has 196 valence electrons. The molecule has 2 aromatic carbocycles. The Kier molecular flexibility index (Phi) is 9.45. The third-order valence-electron chi connectivity index (χ3n) is 6.94. The van der Waals surface area contributed by atoms with Gasteiger partial charge in [0, 0.05) is 31.5 Å². The summed E-state index contributed by atoms with van der Waals surface area (Å²) in [6, 6.07) is 12.4. The average molecular weight is 497 g/mol. The number of hydrogen-bond acceptors (Lipinski definition) is 5. The summed E-state index contributed by atoms with van der Waals surface area (Å²) in [5.41, 5.74) is 5.82. The Morgan fingerprint density at radius 2 is 1.89 bits per heavy atom. The maximum atomic E-state index is 13.4. The van der Waals surface area contributed by atoms with Gasteiger partial charge in [0.2, 0.25) is 17.7 Å². The van der Waals surface area contributed by atoms with Crippen LogP contribution < -0.4 is 16.4 Å². The predicted molar refractivity (Wildman–Crippen MR) is 141 cm³/mol. The largest absolute Gasteiger partial charge is 0.390 e. The molecule has 1 unspecified atom stereocenters. The highest BCUT2D eigenvalue weighted by molar-refractivity contribution is 5.93. The second kappa shape index (κ2) is 12.3. The van der Waals surface area contributed by atoms with Crippen LogP contribution in [0.3, 0.4) is 0 Å². The van der Waals surface area contributed by atoms with E-state index in [-0.39, 0.29) is 31.3 Å². The van der Waals surface area contributed by atoms with E-state index in [1.165, 1.54) is 0 Å². The Morgan fingerprint density at radius 1 is 1.17 bits per heavy atom. The molecule has 1 saturated heterocycles. The molecule has 3 rings (SSSR count). The van der Waals surface area contributed by atoms with Crippen LogP contribution in [0.25, 0.3) is 10.8 Å². The van der Waals surface area contributed by atoms with Gasteiger partial charge in [-0.05, 0) is 35.6 Å². The van der Waals surface area contributed by atoms with Gasteiger partial charge in [-0.25, -0.2) is 0 Å². The van der Waals surface area contributed by atoms with E-state index in [4.69, 9.17) is 5.73 Å². The number of carbonyl (C=O) groups is 3. The van der Waals surface area contributed by atoms with Crippen LogP contribution in [0.2, 0.25) is 0 Å². The van der Waals surface area contributed by atoms with Gasteiger partial charge in [0.1, 0.15) is 12.1 Å². The molecular formula is C28H40N4O4. The number of likely N-dealkylation sites (tertiary alicyclic amines) is 1. The number of benzene rings is 2. The summed E-state index contributed by atoms with van der Waals surface area (Å²) in [5, 5.41) is 17.5. The first-order chi connectivity index (χ1) is 17.2. The van der Waals surface area contributed by atoms with E-state index in [0.29, 0.717) is 13.0 Å². The van der Waals surface area contributed by atoms with Crippen LogP contribution in [0, 0.1) is 5.41 Å². The van der Waals surface area contributed by atoms with Gasteiger partial charge in [0.15, 0.2) is 0 Å². The summed E-state index contributed by atoms with van der Waals surface area (Å²) in [4.78, 5) is 41.4. The van der Waals surface area contributed by atoms with Crippen LogP contribution in [0.5, 0.6) is 0 Å². The molecule has 0 radical (unpaired) electrons. The summed E-state index contributed by atoms with van der Waals surface area (Å²) >= 11 is 0. The number of hydrogen-bond donors (Lipinski definition) is 4. The van der Waals surface area contributed by atoms with E-state index < -0.39 is 29.5 Å². The first-order valence-electron chi connectivity index (χ1n) is 12.9. The van der Waals surface area contributed by atoms with Crippen molar-refractivity contribution in [2.45, 2.75) is 71.1 Å². The predicted octanol–water partition coefficient (Wildman–Crippen LogP) is 2.12. The number of nitrogens with two attached hydrogens (primary N) is 1. The lowest BCUT2D eigenvalue weighted by Crippen LogP contribution is -2.55. The molecule has 1 heterocycles. The minimum atomic E-state index is -0.866. The maximum Gasteiger partial charge on any atom is 0.243 e. The minimum absolute atomic E-state index is 0.00132. The fourth-order valence-electron chi connectivity index (χ4n) is 4.91. The molecule has 0 aromatic heterocycles. The Labute approximate surface area is 213 Å². The van der Waals surface area contributed by atoms with Crippen molar-refractivity contribution in [3.8, 4) is 0 Å². The number of amides is 3. The molecule has 0 spiro atoms. The zero-order chi connectivity index (χ0) is 26.3. The van der Waals surface area contributed by atoms with E-state index in [1.807, 2.05) is 63.2 Å². The van der Waals surface area contributed by atoms with E-state index in [0.717, 1.165) is 35.6 Å². The monoisotopic (exact) mass is 496 g/mol. The quantitative estimate of drug-likeness (QED) is 0.379. The van der Waals surface area contributed by atoms with Crippen LogP contribution >= 0.6 is 0 Å². The van der Waals surface area contributed by atoms with Crippen molar-refractivity contribution in [2.24, 2.45) is 11.1 Å². The highest BCUT2D eigenvalue weighted by Gasteiger charge is 2.41. The Hall–Kier alpha value is -2.97. The van der Waals surface area contributed by atoms with E-state index in [2.05, 4.69) is 10.6 Å². The van der Waals surface area contributed by atoms with E-state index in [9.17, 15) is 19.5 Å². The normalized spacial score (nSPS) is 17.6. The van der Waals surface area contributed by atoms with Crippen molar-refractivity contribution in [3.63, 3.8) is 0 Å². The van der Waals surface area contributed by atoms with Crippen molar-refractivity contribution in [1.29, 1.82) is 0 Å². The van der Waals surface area contributed by atoms with Crippen LogP contribution in [0.1, 0.15) is 52.0 Å². The van der Waals surface area contributed by atoms with Gasteiger partial charge in [-0.2, -0.15) is 0 Å². The fraction of sp³-hybridized carbons (Fsp3) is 0.536. The first kappa shape index (κ1) is 27.6. The van der Waals surface area contributed by atoms with Gasteiger partial charge >= 0.3 is 0 Å². The highest BCUT2D eigenvalue weighted by Crippen LogP contribution is 2.30. The van der Waals surface area contributed by atoms with Crippen molar-refractivity contribution in [2.75, 3.05) is 19.6 Å². The molecule has 2 aromatic rings. The zero-order valence-electron chi connectivity index (χ0n) is 21.6. The molecule has 0 saturated carbocycles. The molecule has 1 aliphatic rings. The molecule has 8 heteroatoms. The molecule has 36 heavy (non-hydrogen) atoms. The van der Waals surface area contributed by atoms with Gasteiger partial charge in [-0.15, -0.1) is 0 Å². The number of nitrogens with zero attached hydrogens (tertiary/aromatic N) is 1. The summed E-state index contributed by atoms with van der Waals surface area (Å²) < 4.78 is 0. The number of aliphatic hydroxyl groups excluding tert-OH is 1. The van der Waals surface area contributed by atoms with E-state index >= 15 is 0 Å². The third kappa shape index (κ3) is 6.83. The lowest BCUT2D eigenvalue weighted by atomic mass is 9.86. The molecule has 5 N–H and O–H groups in total. The molecule has 8 nitrogen and oxygen atoms in total. The molecule has 1 aliphatic heterocycles. The van der Waals surface area contributed by atoms with Gasteiger partial charge in [-0.3, -0.25) is 14.4 Å². The summed E-state index contributed by atoms with van der Waals surface area (Å²) in [5.74, 6) is -0.747. The standard InChI is InChI=1S/C28H40N4O4/c1-4-13-28(2,3)27(36)32-14-7-10-24(32)26(35)31-23(25(34)30-18-22(33)17-29)16-19-11-12-20-8-5-6-9-21(20)15-19/h5-6,8-9,11-12,15,22-24,33H,4,7,10,13-14,16-18,29H2,1-3H3,(H,30,34)(H,31,35)/t22?,23-,24+/m1/s1. The Bertz CT molecular complexity index is 1070. The SMILES string of the molecule is CCCC(C)(C)C(=O)N1CCC[C@H]1C(=O)N[C@H](Cc1ccc2ccccc2c1)C(=O)NCC(O)CN. The van der Waals surface area contributed by atoms with Crippen LogP contribution in [-0.2, 0) is 20.8 Å². The topological polar surface area (TPSA) is 125 Å². The van der Waals surface area contributed by atoms with Gasteiger partial charge in [0.05, 0.1) is 6.10 Å². The van der Waals surface area contributed by atoms with Crippen molar-refractivity contribution in [1.82, 2.24) is 15.5 Å². The zero-order valence-corrected chi connectivity index (χ0v) is 21.6. The van der Waals surface area contributed by atoms with Crippen molar-refractivity contribution < 1.29 is 19.5 Å². The molecule has 3 amide bonds. The second-order valence-electron chi connectivity index (χ2n) is 10.4. The molecule has 1 fully saturated rings. The highest BCUT2D eigenvalue weighted by atomic mass is 16.3. The van der Waals surface area contributed by atoms with Gasteiger partial charge < -0.3 is 26.4 Å². The van der Waals surface area contributed by atoms with Crippen molar-refractivity contribution in [3.05, 3.63) is 48.0 Å². The number of nitrogens with one attached hydrogen (secondary N) is 2. The lowest BCUT2D eigenvalue weighted by Gasteiger charge is -2.33. The number of fused-ring (bicyclic) bond motifs is 1. The van der Waals surface area contributed by atoms with Crippen molar-refractivity contribution >= 4 is 28.5 Å². The van der Waals surface area contributed by atoms with Crippen LogP contribution in [-0.4, -0.2) is 65.5 Å². The smallest absolute Gasteiger partial charge is 0.243 e. The lowest BCUT2D eigenvalue weighted by molar-refractivity contribution is -0.146. The minimum Gasteiger partial charge on any atom is -0.390 e. The number of rotatable bonds is 11. The summed E-state index contributed by atoms with van der Waals surface area (Å²) in [6.45, 7) is 6.44. The first-order valence-corrected chi connectivity index (χ1v) is 12.9. The van der Waals surface area contributed by atoms with Crippen LogP contribution in [0.15, 0.2) is 42.5 Å². The van der Waals surface area contributed by atoms with Crippen LogP contribution in [0.4, 0.5) is 0 Å². The van der Waals surface area contributed by atoms with Gasteiger partial charge in [0.25, 0.3) is 0 Å². The maximum absolute atomic E-state index is 13.4. The molecular weight excluding hydrogens is 456 g/mol. The van der Waals surface area contributed by atoms with Gasteiger partial charge in [-0.1, -0.05) is 69.7 Å². The fourth-order valence-corrected chi connectivity index (χ4v) is 4.91. The summed E-state index contributed by atoms with van der Waals surface area (Å²) in [6.07, 6.45) is 2.35. The second-order valence-corrected chi connectivity index (χ2v) is 10.4.